The van der Waals surface area contributed by atoms with Gasteiger partial charge >= 0.3 is 5.97 Å². The lowest BCUT2D eigenvalue weighted by molar-refractivity contribution is -0.391. The minimum atomic E-state index is -2.94. The summed E-state index contributed by atoms with van der Waals surface area (Å²) in [5.74, 6) is -6.56. The van der Waals surface area contributed by atoms with Crippen LogP contribution in [0.15, 0.2) is 0 Å². The van der Waals surface area contributed by atoms with Crippen LogP contribution in [0.4, 0.5) is 0 Å². The summed E-state index contributed by atoms with van der Waals surface area (Å²) in [5.41, 5.74) is 0. The van der Waals surface area contributed by atoms with E-state index in [4.69, 9.17) is 37.9 Å². The Morgan fingerprint density at radius 2 is 1.39 bits per heavy atom. The number of carbonyl (C=O) groups is 2. The Balaban J connectivity index is 1.72. The molecule has 13 N–H and O–H groups in total. The summed E-state index contributed by atoms with van der Waals surface area (Å²) in [6.07, 6.45) is -32.0. The Labute approximate surface area is 308 Å². The third kappa shape index (κ3) is 9.15. The number of nitrogens with one attached hydrogen (secondary N) is 1. The van der Waals surface area contributed by atoms with Gasteiger partial charge in [-0.15, -0.1) is 0 Å². The molecule has 0 aliphatic carbocycles. The van der Waals surface area contributed by atoms with Crippen LogP contribution in [-0.2, 0) is 47.5 Å². The molecule has 0 spiro atoms. The van der Waals surface area contributed by atoms with Crippen LogP contribution < -0.4 is 5.32 Å². The zero-order valence-corrected chi connectivity index (χ0v) is 29.8. The van der Waals surface area contributed by atoms with E-state index in [1.54, 1.807) is 0 Å². The highest BCUT2D eigenvalue weighted by Crippen LogP contribution is 2.40. The van der Waals surface area contributed by atoms with Crippen molar-refractivity contribution in [2.75, 3.05) is 26.9 Å². The summed E-state index contributed by atoms with van der Waals surface area (Å²) in [5, 5.41) is 128. The van der Waals surface area contributed by atoms with Crippen LogP contribution in [0, 0.1) is 5.92 Å². The fourth-order valence-electron chi connectivity index (χ4n) is 6.95. The molecule has 4 aliphatic heterocycles. The molecule has 23 heteroatoms. The Morgan fingerprint density at radius 1 is 0.796 bits per heavy atom. The average Bonchev–Trinajstić information content (AvgIpc) is 3.13. The molecule has 1 amide bonds. The van der Waals surface area contributed by atoms with Crippen LogP contribution in [0.25, 0.3) is 0 Å². The molecule has 4 aliphatic rings. The summed E-state index contributed by atoms with van der Waals surface area (Å²) in [7, 11) is 1.18. The molecule has 0 aromatic heterocycles. The number of rotatable bonds is 14. The van der Waals surface area contributed by atoms with E-state index in [2.05, 4.69) is 5.32 Å². The molecule has 0 bridgehead atoms. The molecule has 0 radical (unpaired) electrons. The zero-order chi connectivity index (χ0) is 40.4. The van der Waals surface area contributed by atoms with Crippen molar-refractivity contribution in [3.8, 4) is 0 Å². The second-order valence-electron chi connectivity index (χ2n) is 13.9. The summed E-state index contributed by atoms with van der Waals surface area (Å²) >= 11 is 0. The Bertz CT molecular complexity index is 1240. The molecule has 4 saturated heterocycles. The number of carbonyl (C=O) groups excluding carboxylic acids is 1. The Morgan fingerprint density at radius 3 is 1.94 bits per heavy atom. The van der Waals surface area contributed by atoms with E-state index in [0.717, 1.165) is 6.92 Å². The second-order valence-corrected chi connectivity index (χ2v) is 13.9. The maximum Gasteiger partial charge on any atom is 0.364 e. The van der Waals surface area contributed by atoms with Gasteiger partial charge in [-0.1, -0.05) is 6.92 Å². The number of hydrogen-bond acceptors (Lipinski definition) is 21. The number of aliphatic carboxylic acids is 1. The van der Waals surface area contributed by atoms with Crippen molar-refractivity contribution >= 4 is 11.9 Å². The Kier molecular flexibility index (Phi) is 15.5. The van der Waals surface area contributed by atoms with Crippen molar-refractivity contribution in [1.82, 2.24) is 5.32 Å². The number of aliphatic hydroxyl groups is 11. The van der Waals surface area contributed by atoms with E-state index in [9.17, 15) is 70.9 Å². The average molecular weight is 792 g/mol. The molecule has 4 fully saturated rings. The lowest BCUT2D eigenvalue weighted by Gasteiger charge is -2.51. The number of amides is 1. The molecule has 11 unspecified atom stereocenters. The predicted molar refractivity (Wildman–Crippen MR) is 169 cm³/mol. The maximum absolute atomic E-state index is 12.8. The topological polar surface area (TPSA) is 363 Å². The van der Waals surface area contributed by atoms with Crippen molar-refractivity contribution in [1.29, 1.82) is 0 Å². The number of carboxylic acid groups (broad SMARTS) is 1. The first-order chi connectivity index (χ1) is 25.4. The summed E-state index contributed by atoms with van der Waals surface area (Å²) in [6, 6.07) is -1.40. The van der Waals surface area contributed by atoms with Gasteiger partial charge in [-0.25, -0.2) is 4.79 Å². The van der Waals surface area contributed by atoms with Gasteiger partial charge in [0, 0.05) is 26.4 Å². The number of carboxylic acids is 1. The molecular weight excluding hydrogens is 738 g/mol. The van der Waals surface area contributed by atoms with Crippen LogP contribution in [0.3, 0.4) is 0 Å². The second kappa shape index (κ2) is 18.6. The molecule has 21 atom stereocenters. The van der Waals surface area contributed by atoms with E-state index in [1.807, 2.05) is 0 Å². The van der Waals surface area contributed by atoms with E-state index >= 15 is 0 Å². The Hall–Kier alpha value is -1.82. The van der Waals surface area contributed by atoms with Crippen LogP contribution in [0.2, 0.25) is 0 Å². The summed E-state index contributed by atoms with van der Waals surface area (Å²) in [4.78, 5) is 25.2. The van der Waals surface area contributed by atoms with Gasteiger partial charge < -0.3 is 104 Å². The van der Waals surface area contributed by atoms with Crippen molar-refractivity contribution in [3.05, 3.63) is 0 Å². The minimum Gasteiger partial charge on any atom is -0.477 e. The fraction of sp³-hybridized carbons (Fsp3) is 0.935. The molecule has 314 valence electrons. The van der Waals surface area contributed by atoms with Crippen LogP contribution in [0.5, 0.6) is 0 Å². The largest absolute Gasteiger partial charge is 0.477 e. The molecular formula is C31H53NO22. The molecule has 0 aromatic carbocycles. The van der Waals surface area contributed by atoms with Crippen molar-refractivity contribution in [3.63, 3.8) is 0 Å². The van der Waals surface area contributed by atoms with Crippen molar-refractivity contribution < 1.29 is 109 Å². The summed E-state index contributed by atoms with van der Waals surface area (Å²) < 4.78 is 45.9. The van der Waals surface area contributed by atoms with E-state index < -0.39 is 166 Å². The van der Waals surface area contributed by atoms with Crippen molar-refractivity contribution in [2.24, 2.45) is 5.92 Å². The minimum absolute atomic E-state index is 0.676. The van der Waals surface area contributed by atoms with Crippen LogP contribution in [-0.4, -0.2) is 222 Å². The molecule has 0 saturated carbocycles. The molecule has 4 rings (SSSR count). The monoisotopic (exact) mass is 791 g/mol. The lowest BCUT2D eigenvalue weighted by atomic mass is 9.84. The number of hydrogen-bond donors (Lipinski definition) is 13. The van der Waals surface area contributed by atoms with Gasteiger partial charge in [-0.3, -0.25) is 4.79 Å². The zero-order valence-electron chi connectivity index (χ0n) is 29.8. The van der Waals surface area contributed by atoms with E-state index in [1.165, 1.54) is 21.0 Å². The van der Waals surface area contributed by atoms with Gasteiger partial charge in [0.15, 0.2) is 18.9 Å². The third-order valence-corrected chi connectivity index (χ3v) is 10.1. The maximum atomic E-state index is 12.8. The number of ether oxygens (including phenoxy) is 8. The third-order valence-electron chi connectivity index (χ3n) is 10.1. The highest BCUT2D eigenvalue weighted by molar-refractivity contribution is 5.76. The normalized spacial score (nSPS) is 47.1. The van der Waals surface area contributed by atoms with Crippen LogP contribution >= 0.6 is 0 Å². The SMILES string of the molecule is CO[C@@H]1OC(CO)C(O[C@@H]2O[C@@H](C)C(O)C(O)C2O)[C@H](O[C@@H]2OC(CO)C(O)[C@H](O[C@]3(C(=O)O)CC(O)C(C)[C@H]([C@H](O)[C@H](O)CO)O3)C2O)C1NC(C)=O. The first kappa shape index (κ1) is 44.9. The smallest absolute Gasteiger partial charge is 0.364 e. The van der Waals surface area contributed by atoms with Gasteiger partial charge in [0.2, 0.25) is 5.91 Å². The number of aliphatic hydroxyl groups excluding tert-OH is 11. The first-order valence-electron chi connectivity index (χ1n) is 17.3. The number of methoxy groups -OCH3 is 1. The van der Waals surface area contributed by atoms with Gasteiger partial charge in [-0.2, -0.15) is 0 Å². The standard InChI is InChI=1S/C31H53NO22/c1-9-12(37)5-31(30(45)46,53-23(9)18(40)13(38)6-33)54-26-19(41)14(7-34)49-29(22(26)44)52-25-16(32-11(3)36)27(47-4)50-15(8-35)24(25)51-28-21(43)20(42)17(39)10(2)48-28/h9-10,12-29,33-35,37-44H,5-8H2,1-4H3,(H,32,36)(H,45,46)/t9?,10-,12?,13+,14?,15?,16?,17?,18+,19?,20?,21?,22?,23+,24?,25+,26-,27+,28-,29-,31-/m0/s1. The predicted octanol–water partition coefficient (Wildman–Crippen LogP) is -7.44. The molecule has 0 aromatic rings. The fourth-order valence-corrected chi connectivity index (χ4v) is 6.95. The quantitative estimate of drug-likeness (QED) is 0.0777. The van der Waals surface area contributed by atoms with E-state index in [0.29, 0.717) is 0 Å². The molecule has 54 heavy (non-hydrogen) atoms. The van der Waals surface area contributed by atoms with Gasteiger partial charge in [0.25, 0.3) is 5.79 Å². The van der Waals surface area contributed by atoms with Gasteiger partial charge in [0.05, 0.1) is 38.1 Å². The van der Waals surface area contributed by atoms with Gasteiger partial charge in [0.1, 0.15) is 79.3 Å². The van der Waals surface area contributed by atoms with E-state index in [-0.39, 0.29) is 0 Å². The first-order valence-corrected chi connectivity index (χ1v) is 17.3. The van der Waals surface area contributed by atoms with Crippen LogP contribution in [0.1, 0.15) is 27.2 Å². The molecule has 23 nitrogen and oxygen atoms in total. The highest BCUT2D eigenvalue weighted by Gasteiger charge is 2.60. The molecule has 4 heterocycles. The van der Waals surface area contributed by atoms with Crippen molar-refractivity contribution in [2.45, 2.75) is 149 Å². The lowest BCUT2D eigenvalue weighted by Crippen LogP contribution is -2.70. The van der Waals surface area contributed by atoms with Gasteiger partial charge in [-0.05, 0) is 6.92 Å². The summed E-state index contributed by atoms with van der Waals surface area (Å²) in [6.45, 7) is 1.08. The highest BCUT2D eigenvalue weighted by atomic mass is 16.8.